The third-order valence-electron chi connectivity index (χ3n) is 5.00. The number of nitrogens with one attached hydrogen (secondary N) is 1. The lowest BCUT2D eigenvalue weighted by Crippen LogP contribution is -2.24. The predicted octanol–water partition coefficient (Wildman–Crippen LogP) is 4.28. The number of hydrogen-bond acceptors (Lipinski definition) is 4. The second-order valence-electron chi connectivity index (χ2n) is 7.35. The van der Waals surface area contributed by atoms with Crippen LogP contribution in [0.15, 0.2) is 48.5 Å². The number of alkyl halides is 1. The SMILES string of the molecule is CC(=O)N[C@@H](C)c1ccc(OC2CCN(c3ccc(OCCCF)cc3)C2)cc1. The average Bonchev–Trinajstić information content (AvgIpc) is 3.17. The number of rotatable bonds is 9. The van der Waals surface area contributed by atoms with Gasteiger partial charge in [0.2, 0.25) is 5.91 Å². The van der Waals surface area contributed by atoms with Gasteiger partial charge in [0.05, 0.1) is 25.9 Å². The molecule has 1 unspecified atom stereocenters. The highest BCUT2D eigenvalue weighted by Crippen LogP contribution is 2.26. The lowest BCUT2D eigenvalue weighted by Gasteiger charge is -2.20. The van der Waals surface area contributed by atoms with E-state index in [1.54, 1.807) is 0 Å². The number of hydrogen-bond donors (Lipinski definition) is 1. The summed E-state index contributed by atoms with van der Waals surface area (Å²) < 4.78 is 23.8. The summed E-state index contributed by atoms with van der Waals surface area (Å²) in [5.74, 6) is 1.57. The van der Waals surface area contributed by atoms with Crippen molar-refractivity contribution >= 4 is 11.6 Å². The molecule has 0 radical (unpaired) electrons. The number of benzene rings is 2. The topological polar surface area (TPSA) is 50.8 Å². The van der Waals surface area contributed by atoms with Gasteiger partial charge in [-0.15, -0.1) is 0 Å². The Morgan fingerprint density at radius 1 is 1.17 bits per heavy atom. The van der Waals surface area contributed by atoms with Crippen molar-refractivity contribution in [3.63, 3.8) is 0 Å². The van der Waals surface area contributed by atoms with Crippen LogP contribution in [-0.4, -0.2) is 38.4 Å². The molecule has 0 aliphatic carbocycles. The van der Waals surface area contributed by atoms with Crippen LogP contribution in [0.1, 0.15) is 38.3 Å². The summed E-state index contributed by atoms with van der Waals surface area (Å²) in [6.45, 7) is 5.29. The highest BCUT2D eigenvalue weighted by Gasteiger charge is 2.24. The minimum atomic E-state index is -0.357. The molecule has 2 atom stereocenters. The van der Waals surface area contributed by atoms with Crippen molar-refractivity contribution in [2.75, 3.05) is 31.3 Å². The standard InChI is InChI=1S/C23H29FN2O3/c1-17(25-18(2)27)19-4-8-22(9-5-19)29-23-12-14-26(16-23)20-6-10-21(11-7-20)28-15-3-13-24/h4-11,17,23H,3,12-16H2,1-2H3,(H,25,27)/t17-,23?/m0/s1. The molecular formula is C23H29FN2O3. The molecule has 1 aliphatic rings. The third kappa shape index (κ3) is 6.11. The Morgan fingerprint density at radius 3 is 2.52 bits per heavy atom. The molecule has 1 heterocycles. The summed E-state index contributed by atoms with van der Waals surface area (Å²) >= 11 is 0. The molecular weight excluding hydrogens is 371 g/mol. The summed E-state index contributed by atoms with van der Waals surface area (Å²) in [6, 6.07) is 15.8. The van der Waals surface area contributed by atoms with Gasteiger partial charge in [0.15, 0.2) is 0 Å². The van der Waals surface area contributed by atoms with E-state index in [4.69, 9.17) is 9.47 Å². The largest absolute Gasteiger partial charge is 0.493 e. The predicted molar refractivity (Wildman–Crippen MR) is 112 cm³/mol. The Balaban J connectivity index is 1.50. The van der Waals surface area contributed by atoms with Gasteiger partial charge >= 0.3 is 0 Å². The Morgan fingerprint density at radius 2 is 1.86 bits per heavy atom. The maximum atomic E-state index is 12.1. The number of halogens is 1. The molecule has 5 nitrogen and oxygen atoms in total. The zero-order valence-corrected chi connectivity index (χ0v) is 17.1. The van der Waals surface area contributed by atoms with Gasteiger partial charge in [0, 0.05) is 32.0 Å². The fourth-order valence-electron chi connectivity index (χ4n) is 3.47. The first kappa shape index (κ1) is 21.0. The first-order valence-electron chi connectivity index (χ1n) is 10.1. The molecule has 1 aliphatic heterocycles. The normalized spacial score (nSPS) is 17.1. The molecule has 3 rings (SSSR count). The van der Waals surface area contributed by atoms with Gasteiger partial charge in [0.25, 0.3) is 0 Å². The average molecular weight is 400 g/mol. The van der Waals surface area contributed by atoms with Crippen molar-refractivity contribution < 1.29 is 18.7 Å². The van der Waals surface area contributed by atoms with Gasteiger partial charge < -0.3 is 19.7 Å². The van der Waals surface area contributed by atoms with Gasteiger partial charge in [-0.25, -0.2) is 0 Å². The van der Waals surface area contributed by atoms with Crippen LogP contribution >= 0.6 is 0 Å². The van der Waals surface area contributed by atoms with E-state index in [2.05, 4.69) is 10.2 Å². The fraction of sp³-hybridized carbons (Fsp3) is 0.435. The van der Waals surface area contributed by atoms with E-state index < -0.39 is 0 Å². The summed E-state index contributed by atoms with van der Waals surface area (Å²) in [6.07, 6.45) is 1.51. The van der Waals surface area contributed by atoms with Crippen molar-refractivity contribution in [2.45, 2.75) is 38.8 Å². The third-order valence-corrected chi connectivity index (χ3v) is 5.00. The summed E-state index contributed by atoms with van der Waals surface area (Å²) in [4.78, 5) is 13.5. The molecule has 0 aromatic heterocycles. The molecule has 2 aromatic rings. The number of carbonyl (C=O) groups is 1. The smallest absolute Gasteiger partial charge is 0.217 e. The minimum absolute atomic E-state index is 0.0209. The van der Waals surface area contributed by atoms with E-state index >= 15 is 0 Å². The summed E-state index contributed by atoms with van der Waals surface area (Å²) in [5.41, 5.74) is 2.18. The molecule has 2 aromatic carbocycles. The van der Waals surface area contributed by atoms with Crippen LogP contribution < -0.4 is 19.7 Å². The first-order valence-corrected chi connectivity index (χ1v) is 10.1. The molecule has 1 saturated heterocycles. The van der Waals surface area contributed by atoms with Gasteiger partial charge in [0.1, 0.15) is 17.6 Å². The number of amides is 1. The highest BCUT2D eigenvalue weighted by atomic mass is 19.1. The van der Waals surface area contributed by atoms with Crippen LogP contribution in [0.25, 0.3) is 0 Å². The molecule has 0 spiro atoms. The molecule has 6 heteroatoms. The van der Waals surface area contributed by atoms with Gasteiger partial charge in [-0.2, -0.15) is 0 Å². The van der Waals surface area contributed by atoms with Crippen molar-refractivity contribution in [1.82, 2.24) is 5.32 Å². The van der Waals surface area contributed by atoms with E-state index in [9.17, 15) is 9.18 Å². The van der Waals surface area contributed by atoms with Crippen LogP contribution in [0.5, 0.6) is 11.5 Å². The lowest BCUT2D eigenvalue weighted by molar-refractivity contribution is -0.119. The first-order chi connectivity index (χ1) is 14.0. The molecule has 29 heavy (non-hydrogen) atoms. The number of anilines is 1. The molecule has 1 N–H and O–H groups in total. The lowest BCUT2D eigenvalue weighted by atomic mass is 10.1. The highest BCUT2D eigenvalue weighted by molar-refractivity contribution is 5.73. The van der Waals surface area contributed by atoms with E-state index in [1.807, 2.05) is 55.5 Å². The molecule has 0 saturated carbocycles. The van der Waals surface area contributed by atoms with Gasteiger partial charge in [-0.05, 0) is 48.9 Å². The van der Waals surface area contributed by atoms with Gasteiger partial charge in [-0.1, -0.05) is 12.1 Å². The van der Waals surface area contributed by atoms with Crippen LogP contribution in [-0.2, 0) is 4.79 Å². The van der Waals surface area contributed by atoms with E-state index in [0.717, 1.165) is 42.3 Å². The zero-order chi connectivity index (χ0) is 20.6. The van der Waals surface area contributed by atoms with Crippen LogP contribution in [0.3, 0.4) is 0 Å². The van der Waals surface area contributed by atoms with Crippen molar-refractivity contribution in [3.8, 4) is 11.5 Å². The molecule has 1 fully saturated rings. The minimum Gasteiger partial charge on any atom is -0.493 e. The number of ether oxygens (including phenoxy) is 2. The van der Waals surface area contributed by atoms with E-state index in [-0.39, 0.29) is 24.7 Å². The Labute approximate surface area is 171 Å². The maximum Gasteiger partial charge on any atom is 0.217 e. The second-order valence-corrected chi connectivity index (χ2v) is 7.35. The molecule has 0 bridgehead atoms. The Bertz CT molecular complexity index is 780. The van der Waals surface area contributed by atoms with Crippen LogP contribution in [0.2, 0.25) is 0 Å². The quantitative estimate of drug-likeness (QED) is 0.639. The second kappa shape index (κ2) is 10.1. The van der Waals surface area contributed by atoms with E-state index in [1.165, 1.54) is 6.92 Å². The van der Waals surface area contributed by atoms with Crippen LogP contribution in [0, 0.1) is 0 Å². The number of nitrogens with zero attached hydrogens (tertiary/aromatic N) is 1. The Kier molecular flexibility index (Phi) is 7.33. The summed E-state index contributed by atoms with van der Waals surface area (Å²) in [5, 5.41) is 2.88. The van der Waals surface area contributed by atoms with Gasteiger partial charge in [-0.3, -0.25) is 9.18 Å². The van der Waals surface area contributed by atoms with E-state index in [0.29, 0.717) is 13.0 Å². The van der Waals surface area contributed by atoms with Crippen molar-refractivity contribution in [3.05, 3.63) is 54.1 Å². The molecule has 1 amide bonds. The molecule has 156 valence electrons. The van der Waals surface area contributed by atoms with Crippen LogP contribution in [0.4, 0.5) is 10.1 Å². The number of carbonyl (C=O) groups excluding carboxylic acids is 1. The zero-order valence-electron chi connectivity index (χ0n) is 17.1. The maximum absolute atomic E-state index is 12.1. The van der Waals surface area contributed by atoms with Crippen molar-refractivity contribution in [2.24, 2.45) is 0 Å². The van der Waals surface area contributed by atoms with Crippen molar-refractivity contribution in [1.29, 1.82) is 0 Å². The monoisotopic (exact) mass is 400 g/mol. The fourth-order valence-corrected chi connectivity index (χ4v) is 3.47. The Hall–Kier alpha value is -2.76. The summed E-state index contributed by atoms with van der Waals surface area (Å²) in [7, 11) is 0.